The zero-order valence-corrected chi connectivity index (χ0v) is 15.0. The first-order valence-corrected chi connectivity index (χ1v) is 8.81. The molecule has 25 heavy (non-hydrogen) atoms. The molecule has 1 unspecified atom stereocenters. The van der Waals surface area contributed by atoms with Gasteiger partial charge in [0.2, 0.25) is 0 Å². The fourth-order valence-corrected chi connectivity index (χ4v) is 3.37. The number of fused-ring (bicyclic) bond motifs is 1. The summed E-state index contributed by atoms with van der Waals surface area (Å²) < 4.78 is 6.45. The summed E-state index contributed by atoms with van der Waals surface area (Å²) >= 11 is 3.55. The molecule has 124 valence electrons. The van der Waals surface area contributed by atoms with Crippen LogP contribution in [0, 0.1) is 0 Å². The normalized spacial score (nSPS) is 12.4. The largest absolute Gasteiger partial charge is 0.356 e. The molecule has 0 aliphatic carbocycles. The van der Waals surface area contributed by atoms with E-state index in [0.717, 1.165) is 38.0 Å². The molecule has 2 aromatic carbocycles. The van der Waals surface area contributed by atoms with Crippen molar-refractivity contribution in [2.75, 3.05) is 0 Å². The molecule has 1 atom stereocenters. The SMILES string of the molecule is NC(Cc1ccccn1)c1cc(Br)ccc1-c1noc2ccccc12. The topological polar surface area (TPSA) is 64.9 Å². The van der Waals surface area contributed by atoms with Crippen LogP contribution < -0.4 is 5.73 Å². The van der Waals surface area contributed by atoms with Crippen LogP contribution >= 0.6 is 15.9 Å². The molecule has 0 bridgehead atoms. The van der Waals surface area contributed by atoms with Gasteiger partial charge in [0, 0.05) is 39.8 Å². The molecule has 0 aliphatic rings. The Bertz CT molecular complexity index is 1010. The van der Waals surface area contributed by atoms with Crippen LogP contribution in [0.1, 0.15) is 17.3 Å². The molecule has 0 amide bonds. The third-order valence-corrected chi connectivity index (χ3v) is 4.69. The van der Waals surface area contributed by atoms with E-state index in [1.165, 1.54) is 0 Å². The van der Waals surface area contributed by atoms with Gasteiger partial charge in [0.1, 0.15) is 5.69 Å². The van der Waals surface area contributed by atoms with E-state index in [-0.39, 0.29) is 6.04 Å². The van der Waals surface area contributed by atoms with Crippen LogP contribution in [-0.2, 0) is 6.42 Å². The molecule has 0 radical (unpaired) electrons. The molecule has 2 aromatic heterocycles. The van der Waals surface area contributed by atoms with E-state index < -0.39 is 0 Å². The van der Waals surface area contributed by atoms with Crippen LogP contribution in [0.3, 0.4) is 0 Å². The predicted molar refractivity (Wildman–Crippen MR) is 102 cm³/mol. The van der Waals surface area contributed by atoms with Gasteiger partial charge in [-0.25, -0.2) is 0 Å². The highest BCUT2D eigenvalue weighted by Gasteiger charge is 2.18. The minimum absolute atomic E-state index is 0.196. The van der Waals surface area contributed by atoms with Crippen LogP contribution in [-0.4, -0.2) is 10.1 Å². The Hall–Kier alpha value is -2.50. The molecular weight excluding hydrogens is 378 g/mol. The molecule has 2 N–H and O–H groups in total. The number of aromatic nitrogens is 2. The van der Waals surface area contributed by atoms with Gasteiger partial charge in [-0.15, -0.1) is 0 Å². The summed E-state index contributed by atoms with van der Waals surface area (Å²) in [6.45, 7) is 0. The van der Waals surface area contributed by atoms with Crippen molar-refractivity contribution in [2.45, 2.75) is 12.5 Å². The molecule has 0 aliphatic heterocycles. The number of pyridine rings is 1. The maximum atomic E-state index is 6.53. The first-order valence-electron chi connectivity index (χ1n) is 8.02. The van der Waals surface area contributed by atoms with Gasteiger partial charge in [-0.3, -0.25) is 4.98 Å². The number of rotatable bonds is 4. The van der Waals surface area contributed by atoms with E-state index in [4.69, 9.17) is 10.3 Å². The van der Waals surface area contributed by atoms with Crippen LogP contribution in [0.2, 0.25) is 0 Å². The van der Waals surface area contributed by atoms with Crippen molar-refractivity contribution < 1.29 is 4.52 Å². The lowest BCUT2D eigenvalue weighted by Gasteiger charge is -2.16. The van der Waals surface area contributed by atoms with Crippen LogP contribution in [0.15, 0.2) is 75.9 Å². The quantitative estimate of drug-likeness (QED) is 0.535. The maximum absolute atomic E-state index is 6.53. The lowest BCUT2D eigenvalue weighted by atomic mass is 9.94. The maximum Gasteiger partial charge on any atom is 0.167 e. The number of nitrogens with two attached hydrogens (primary N) is 1. The Morgan fingerprint density at radius 1 is 1.04 bits per heavy atom. The van der Waals surface area contributed by atoms with E-state index in [9.17, 15) is 0 Å². The Morgan fingerprint density at radius 3 is 2.72 bits per heavy atom. The highest BCUT2D eigenvalue weighted by atomic mass is 79.9. The minimum atomic E-state index is -0.196. The van der Waals surface area contributed by atoms with Crippen molar-refractivity contribution in [3.63, 3.8) is 0 Å². The van der Waals surface area contributed by atoms with Crippen LogP contribution in [0.4, 0.5) is 0 Å². The van der Waals surface area contributed by atoms with Gasteiger partial charge in [-0.05, 0) is 42.0 Å². The highest BCUT2D eigenvalue weighted by Crippen LogP contribution is 2.34. The number of hydrogen-bond donors (Lipinski definition) is 1. The van der Waals surface area contributed by atoms with E-state index in [0.29, 0.717) is 6.42 Å². The van der Waals surface area contributed by atoms with Gasteiger partial charge in [0.05, 0.1) is 0 Å². The van der Waals surface area contributed by atoms with Crippen molar-refractivity contribution in [3.8, 4) is 11.3 Å². The molecule has 2 heterocycles. The molecule has 0 fully saturated rings. The van der Waals surface area contributed by atoms with Gasteiger partial charge < -0.3 is 10.3 Å². The molecule has 5 heteroatoms. The molecule has 4 rings (SSSR count). The zero-order valence-electron chi connectivity index (χ0n) is 13.4. The van der Waals surface area contributed by atoms with Gasteiger partial charge >= 0.3 is 0 Å². The van der Waals surface area contributed by atoms with E-state index >= 15 is 0 Å². The molecule has 4 aromatic rings. The molecular formula is C20H16BrN3O. The fourth-order valence-electron chi connectivity index (χ4n) is 2.99. The number of nitrogens with zero attached hydrogens (tertiary/aromatic N) is 2. The summed E-state index contributed by atoms with van der Waals surface area (Å²) in [5.74, 6) is 0. The average Bonchev–Trinajstić information content (AvgIpc) is 3.06. The molecule has 0 saturated carbocycles. The second-order valence-electron chi connectivity index (χ2n) is 5.89. The summed E-state index contributed by atoms with van der Waals surface area (Å²) in [5.41, 5.74) is 11.1. The second kappa shape index (κ2) is 6.78. The predicted octanol–water partition coefficient (Wildman–Crippen LogP) is 4.89. The minimum Gasteiger partial charge on any atom is -0.356 e. The summed E-state index contributed by atoms with van der Waals surface area (Å²) in [7, 11) is 0. The monoisotopic (exact) mass is 393 g/mol. The fraction of sp³-hybridized carbons (Fsp3) is 0.100. The molecule has 4 nitrogen and oxygen atoms in total. The van der Waals surface area contributed by atoms with Crippen molar-refractivity contribution >= 4 is 26.9 Å². The molecule has 0 spiro atoms. The van der Waals surface area contributed by atoms with Gasteiger partial charge in [0.25, 0.3) is 0 Å². The van der Waals surface area contributed by atoms with Gasteiger partial charge in [-0.1, -0.05) is 45.4 Å². The van der Waals surface area contributed by atoms with Crippen molar-refractivity contribution in [3.05, 3.63) is 82.6 Å². The average molecular weight is 394 g/mol. The zero-order chi connectivity index (χ0) is 17.2. The Kier molecular flexibility index (Phi) is 4.34. The number of halogens is 1. The van der Waals surface area contributed by atoms with Crippen molar-refractivity contribution in [2.24, 2.45) is 5.73 Å². The number of benzene rings is 2. The Morgan fingerprint density at radius 2 is 1.88 bits per heavy atom. The summed E-state index contributed by atoms with van der Waals surface area (Å²) in [6, 6.07) is 19.6. The Balaban J connectivity index is 1.79. The first-order chi connectivity index (χ1) is 12.2. The van der Waals surface area contributed by atoms with E-state index in [1.54, 1.807) is 6.20 Å². The number of hydrogen-bond acceptors (Lipinski definition) is 4. The molecule has 0 saturated heterocycles. The second-order valence-corrected chi connectivity index (χ2v) is 6.81. The lowest BCUT2D eigenvalue weighted by Crippen LogP contribution is -2.15. The standard InChI is InChI=1S/C20H16BrN3O/c21-13-8-9-15(20-16-6-1-2-7-19(16)25-24-20)17(11-13)18(22)12-14-5-3-4-10-23-14/h1-11,18H,12,22H2. The third kappa shape index (κ3) is 3.21. The summed E-state index contributed by atoms with van der Waals surface area (Å²) in [6.07, 6.45) is 2.44. The van der Waals surface area contributed by atoms with Gasteiger partial charge in [-0.2, -0.15) is 0 Å². The van der Waals surface area contributed by atoms with Crippen molar-refractivity contribution in [1.29, 1.82) is 0 Å². The Labute approximate surface area is 153 Å². The van der Waals surface area contributed by atoms with Crippen LogP contribution in [0.25, 0.3) is 22.2 Å². The summed E-state index contributed by atoms with van der Waals surface area (Å²) in [4.78, 5) is 4.38. The van der Waals surface area contributed by atoms with E-state index in [2.05, 4.69) is 26.1 Å². The summed E-state index contributed by atoms with van der Waals surface area (Å²) in [5, 5.41) is 5.27. The van der Waals surface area contributed by atoms with Gasteiger partial charge in [0.15, 0.2) is 5.58 Å². The van der Waals surface area contributed by atoms with Crippen molar-refractivity contribution in [1.82, 2.24) is 10.1 Å². The third-order valence-electron chi connectivity index (χ3n) is 4.20. The lowest BCUT2D eigenvalue weighted by molar-refractivity contribution is 0.459. The smallest absolute Gasteiger partial charge is 0.167 e. The highest BCUT2D eigenvalue weighted by molar-refractivity contribution is 9.10. The number of para-hydroxylation sites is 1. The first kappa shape index (κ1) is 16.0. The van der Waals surface area contributed by atoms with E-state index in [1.807, 2.05) is 60.7 Å². The van der Waals surface area contributed by atoms with Crippen LogP contribution in [0.5, 0.6) is 0 Å².